The molecule has 0 saturated heterocycles. The topological polar surface area (TPSA) is 58.3 Å². The molecule has 1 rings (SSSR count). The van der Waals surface area contributed by atoms with Crippen LogP contribution in [0.3, 0.4) is 0 Å². The summed E-state index contributed by atoms with van der Waals surface area (Å²) < 4.78 is 5.04. The number of nitrogens with zero attached hydrogens (tertiary/aromatic N) is 1. The maximum Gasteiger partial charge on any atom is 0.180 e. The molecule has 0 amide bonds. The minimum atomic E-state index is -0.202. The van der Waals surface area contributed by atoms with Gasteiger partial charge in [0.25, 0.3) is 0 Å². The first-order valence-electron chi connectivity index (χ1n) is 4.55. The third kappa shape index (κ3) is 4.65. The lowest BCUT2D eigenvalue weighted by atomic mass is 10.2. The Balaban J connectivity index is 1.96. The molecule has 0 fully saturated rings. The predicted octanol–water partition coefficient (Wildman–Crippen LogP) is 0.925. The van der Waals surface area contributed by atoms with Crippen molar-refractivity contribution in [1.82, 2.24) is 10.3 Å². The summed E-state index contributed by atoms with van der Waals surface area (Å²) in [5.74, 6) is 0.844. The maximum atomic E-state index is 8.98. The number of rotatable bonds is 6. The summed E-state index contributed by atoms with van der Waals surface area (Å²) in [6.07, 6.45) is 4.73. The minimum Gasteiger partial charge on any atom is -0.447 e. The fraction of sp³-hybridized carbons (Fsp3) is 0.667. The first kappa shape index (κ1) is 10.2. The molecular weight excluding hydrogens is 168 g/mol. The lowest BCUT2D eigenvalue weighted by molar-refractivity contribution is 0.181. The zero-order chi connectivity index (χ0) is 9.52. The second-order valence-electron chi connectivity index (χ2n) is 3.14. The number of hydrogen-bond acceptors (Lipinski definition) is 4. The molecule has 0 aliphatic carbocycles. The first-order chi connectivity index (χ1) is 6.29. The summed E-state index contributed by atoms with van der Waals surface area (Å²) in [6, 6.07) is 0. The zero-order valence-corrected chi connectivity index (χ0v) is 7.86. The lowest BCUT2D eigenvalue weighted by Gasteiger charge is -2.04. The van der Waals surface area contributed by atoms with E-state index >= 15 is 0 Å². The average molecular weight is 184 g/mol. The molecule has 4 heteroatoms. The quantitative estimate of drug-likeness (QED) is 0.646. The average Bonchev–Trinajstić information content (AvgIpc) is 2.55. The van der Waals surface area contributed by atoms with Crippen molar-refractivity contribution in [1.29, 1.82) is 0 Å². The van der Waals surface area contributed by atoms with Gasteiger partial charge in [-0.1, -0.05) is 0 Å². The van der Waals surface area contributed by atoms with Crippen LogP contribution in [0.25, 0.3) is 0 Å². The highest BCUT2D eigenvalue weighted by atomic mass is 16.3. The van der Waals surface area contributed by atoms with Gasteiger partial charge in [-0.25, -0.2) is 4.98 Å². The molecule has 1 atom stereocenters. The summed E-state index contributed by atoms with van der Waals surface area (Å²) in [4.78, 5) is 3.80. The molecule has 1 heterocycles. The Kier molecular flexibility index (Phi) is 4.49. The predicted molar refractivity (Wildman–Crippen MR) is 49.1 cm³/mol. The Morgan fingerprint density at radius 2 is 2.54 bits per heavy atom. The van der Waals surface area contributed by atoms with Crippen molar-refractivity contribution in [3.05, 3.63) is 18.4 Å². The molecule has 0 saturated carbocycles. The van der Waals surface area contributed by atoms with Crippen LogP contribution in [-0.4, -0.2) is 22.7 Å². The van der Waals surface area contributed by atoms with Gasteiger partial charge in [-0.2, -0.15) is 0 Å². The third-order valence-corrected chi connectivity index (χ3v) is 1.76. The van der Waals surface area contributed by atoms with Crippen LogP contribution in [0.4, 0.5) is 0 Å². The van der Waals surface area contributed by atoms with E-state index in [-0.39, 0.29) is 6.10 Å². The summed E-state index contributed by atoms with van der Waals surface area (Å²) in [7, 11) is 0. The normalized spacial score (nSPS) is 13.1. The van der Waals surface area contributed by atoms with Crippen molar-refractivity contribution in [2.24, 2.45) is 0 Å². The van der Waals surface area contributed by atoms with Gasteiger partial charge in [-0.05, 0) is 26.3 Å². The van der Waals surface area contributed by atoms with E-state index in [2.05, 4.69) is 10.3 Å². The van der Waals surface area contributed by atoms with Crippen LogP contribution in [0.15, 0.2) is 17.0 Å². The van der Waals surface area contributed by atoms with Gasteiger partial charge in [0.2, 0.25) is 0 Å². The van der Waals surface area contributed by atoms with Crippen molar-refractivity contribution in [2.45, 2.75) is 32.4 Å². The monoisotopic (exact) mass is 184 g/mol. The van der Waals surface area contributed by atoms with E-state index < -0.39 is 0 Å². The molecule has 0 aliphatic rings. The molecule has 13 heavy (non-hydrogen) atoms. The zero-order valence-electron chi connectivity index (χ0n) is 7.86. The minimum absolute atomic E-state index is 0.202. The van der Waals surface area contributed by atoms with E-state index in [4.69, 9.17) is 9.52 Å². The number of nitrogens with one attached hydrogen (secondary N) is 1. The molecule has 0 spiro atoms. The molecule has 2 N–H and O–H groups in total. The first-order valence-corrected chi connectivity index (χ1v) is 4.55. The molecule has 0 aromatic carbocycles. The van der Waals surface area contributed by atoms with Gasteiger partial charge in [0.15, 0.2) is 6.39 Å². The van der Waals surface area contributed by atoms with E-state index in [1.165, 1.54) is 6.39 Å². The third-order valence-electron chi connectivity index (χ3n) is 1.76. The van der Waals surface area contributed by atoms with Crippen LogP contribution in [0.1, 0.15) is 25.5 Å². The Bertz CT molecular complexity index is 209. The lowest BCUT2D eigenvalue weighted by Crippen LogP contribution is -2.15. The highest BCUT2D eigenvalue weighted by molar-refractivity contribution is 4.86. The fourth-order valence-corrected chi connectivity index (χ4v) is 1.06. The molecule has 1 aromatic rings. The SMILES string of the molecule is CC(O)CCCNCc1cnco1. The van der Waals surface area contributed by atoms with Gasteiger partial charge < -0.3 is 14.8 Å². The molecule has 74 valence electrons. The number of aliphatic hydroxyl groups is 1. The highest BCUT2D eigenvalue weighted by Gasteiger charge is 1.97. The Labute approximate surface area is 78.0 Å². The van der Waals surface area contributed by atoms with Crippen LogP contribution < -0.4 is 5.32 Å². The summed E-state index contributed by atoms with van der Waals surface area (Å²) in [5, 5.41) is 12.2. The van der Waals surface area contributed by atoms with Gasteiger partial charge in [0.1, 0.15) is 5.76 Å². The number of hydrogen-bond donors (Lipinski definition) is 2. The largest absolute Gasteiger partial charge is 0.447 e. The van der Waals surface area contributed by atoms with Gasteiger partial charge in [-0.3, -0.25) is 0 Å². The van der Waals surface area contributed by atoms with Crippen molar-refractivity contribution in [2.75, 3.05) is 6.54 Å². The molecule has 0 bridgehead atoms. The molecule has 4 nitrogen and oxygen atoms in total. The van der Waals surface area contributed by atoms with Gasteiger partial charge in [-0.15, -0.1) is 0 Å². The van der Waals surface area contributed by atoms with Crippen LogP contribution >= 0.6 is 0 Å². The maximum absolute atomic E-state index is 8.98. The Morgan fingerprint density at radius 3 is 3.15 bits per heavy atom. The van der Waals surface area contributed by atoms with Crippen LogP contribution in [0.5, 0.6) is 0 Å². The smallest absolute Gasteiger partial charge is 0.180 e. The molecular formula is C9H16N2O2. The number of oxazole rings is 1. The molecule has 1 unspecified atom stereocenters. The fourth-order valence-electron chi connectivity index (χ4n) is 1.06. The van der Waals surface area contributed by atoms with Crippen LogP contribution in [0.2, 0.25) is 0 Å². The van der Waals surface area contributed by atoms with E-state index in [1.54, 1.807) is 13.1 Å². The van der Waals surface area contributed by atoms with E-state index in [0.717, 1.165) is 25.1 Å². The van der Waals surface area contributed by atoms with Crippen molar-refractivity contribution < 1.29 is 9.52 Å². The Hall–Kier alpha value is -0.870. The molecule has 0 radical (unpaired) electrons. The standard InChI is InChI=1S/C9H16N2O2/c1-8(12)3-2-4-10-5-9-6-11-7-13-9/h6-8,10,12H,2-5H2,1H3. The second-order valence-corrected chi connectivity index (χ2v) is 3.14. The van der Waals surface area contributed by atoms with Crippen molar-refractivity contribution >= 4 is 0 Å². The van der Waals surface area contributed by atoms with Crippen molar-refractivity contribution in [3.63, 3.8) is 0 Å². The highest BCUT2D eigenvalue weighted by Crippen LogP contribution is 1.97. The van der Waals surface area contributed by atoms with Gasteiger partial charge >= 0.3 is 0 Å². The summed E-state index contributed by atoms with van der Waals surface area (Å²) >= 11 is 0. The van der Waals surface area contributed by atoms with E-state index in [0.29, 0.717) is 6.54 Å². The second kappa shape index (κ2) is 5.72. The molecule has 0 aliphatic heterocycles. The Morgan fingerprint density at radius 1 is 1.69 bits per heavy atom. The summed E-state index contributed by atoms with van der Waals surface area (Å²) in [6.45, 7) is 3.40. The van der Waals surface area contributed by atoms with Crippen LogP contribution in [-0.2, 0) is 6.54 Å². The van der Waals surface area contributed by atoms with Crippen molar-refractivity contribution in [3.8, 4) is 0 Å². The van der Waals surface area contributed by atoms with Gasteiger partial charge in [0.05, 0.1) is 18.8 Å². The number of aliphatic hydroxyl groups excluding tert-OH is 1. The number of aromatic nitrogens is 1. The summed E-state index contributed by atoms with van der Waals surface area (Å²) in [5.41, 5.74) is 0. The van der Waals surface area contributed by atoms with E-state index in [9.17, 15) is 0 Å². The molecule has 1 aromatic heterocycles. The van der Waals surface area contributed by atoms with Gasteiger partial charge in [0, 0.05) is 0 Å². The van der Waals surface area contributed by atoms with Crippen LogP contribution in [0, 0.1) is 0 Å². The van der Waals surface area contributed by atoms with E-state index in [1.807, 2.05) is 0 Å².